The second kappa shape index (κ2) is 3.95. The van der Waals surface area contributed by atoms with Crippen LogP contribution in [0.3, 0.4) is 0 Å². The van der Waals surface area contributed by atoms with E-state index in [1.165, 1.54) is 36.4 Å². The summed E-state index contributed by atoms with van der Waals surface area (Å²) in [4.78, 5) is 39.8. The van der Waals surface area contributed by atoms with E-state index < -0.39 is 40.1 Å². The van der Waals surface area contributed by atoms with Crippen LogP contribution in [-0.4, -0.2) is 43.9 Å². The molecule has 2 bridgehead atoms. The summed E-state index contributed by atoms with van der Waals surface area (Å²) in [6.45, 7) is 0. The van der Waals surface area contributed by atoms with E-state index in [9.17, 15) is 29.7 Å². The topological polar surface area (TPSA) is 124 Å². The Morgan fingerprint density at radius 1 is 0.926 bits per heavy atom. The molecule has 1 aliphatic heterocycles. The maximum Gasteiger partial charge on any atom is 0.206 e. The van der Waals surface area contributed by atoms with Crippen molar-refractivity contribution in [3.05, 3.63) is 58.7 Å². The molecule has 1 saturated heterocycles. The van der Waals surface area contributed by atoms with Gasteiger partial charge in [0.1, 0.15) is 17.1 Å². The van der Waals surface area contributed by atoms with Gasteiger partial charge in [0.15, 0.2) is 17.2 Å². The van der Waals surface area contributed by atoms with Crippen LogP contribution in [0.25, 0.3) is 0 Å². The molecule has 4 atom stereocenters. The zero-order chi connectivity index (χ0) is 18.9. The normalized spacial score (nSPS) is 37.4. The highest BCUT2D eigenvalue weighted by Crippen LogP contribution is 2.76. The number of carbonyl (C=O) groups excluding carboxylic acids is 3. The molecule has 0 amide bonds. The third kappa shape index (κ3) is 1.19. The van der Waals surface area contributed by atoms with Gasteiger partial charge in [-0.1, -0.05) is 24.3 Å². The quantitative estimate of drug-likeness (QED) is 0.598. The summed E-state index contributed by atoms with van der Waals surface area (Å²) in [5.41, 5.74) is -5.96. The molecule has 6 rings (SSSR count). The van der Waals surface area contributed by atoms with Crippen molar-refractivity contribution in [3.8, 4) is 11.5 Å². The minimum Gasteiger partial charge on any atom is -0.507 e. The first-order valence-electron chi connectivity index (χ1n) is 8.52. The summed E-state index contributed by atoms with van der Waals surface area (Å²) < 4.78 is 5.73. The van der Waals surface area contributed by atoms with Crippen LogP contribution in [0.15, 0.2) is 36.4 Å². The number of ketones is 3. The number of benzene rings is 2. The van der Waals surface area contributed by atoms with Crippen LogP contribution in [0.5, 0.6) is 11.5 Å². The third-order valence-electron chi connectivity index (χ3n) is 6.59. The summed E-state index contributed by atoms with van der Waals surface area (Å²) >= 11 is 0. The Hall–Kier alpha value is -3.03. The minimum atomic E-state index is -1.97. The van der Waals surface area contributed by atoms with Gasteiger partial charge >= 0.3 is 0 Å². The molecular formula is C20H12O7. The predicted molar refractivity (Wildman–Crippen MR) is 87.8 cm³/mol. The van der Waals surface area contributed by atoms with Gasteiger partial charge in [0.05, 0.1) is 17.0 Å². The van der Waals surface area contributed by atoms with Crippen molar-refractivity contribution < 1.29 is 34.4 Å². The van der Waals surface area contributed by atoms with Gasteiger partial charge in [0.2, 0.25) is 11.4 Å². The van der Waals surface area contributed by atoms with Crippen LogP contribution in [0.1, 0.15) is 43.1 Å². The average molecular weight is 364 g/mol. The van der Waals surface area contributed by atoms with Crippen LogP contribution in [0.4, 0.5) is 0 Å². The number of rotatable bonds is 0. The van der Waals surface area contributed by atoms with Gasteiger partial charge in [0, 0.05) is 11.1 Å². The molecule has 2 fully saturated rings. The number of hydrogen-bond donors (Lipinski definition) is 3. The van der Waals surface area contributed by atoms with Crippen LogP contribution >= 0.6 is 0 Å². The molecule has 134 valence electrons. The maximum atomic E-state index is 13.4. The number of aliphatic hydroxyl groups is 1. The molecule has 1 saturated carbocycles. The molecule has 0 aromatic heterocycles. The van der Waals surface area contributed by atoms with Gasteiger partial charge in [-0.2, -0.15) is 0 Å². The van der Waals surface area contributed by atoms with Gasteiger partial charge in [-0.15, -0.1) is 0 Å². The smallest absolute Gasteiger partial charge is 0.206 e. The molecule has 2 aromatic carbocycles. The predicted octanol–water partition coefficient (Wildman–Crippen LogP) is 1.09. The molecule has 0 spiro atoms. The summed E-state index contributed by atoms with van der Waals surface area (Å²) in [5.74, 6) is -3.63. The highest BCUT2D eigenvalue weighted by atomic mass is 16.7. The number of carbonyl (C=O) groups is 3. The van der Waals surface area contributed by atoms with Gasteiger partial charge < -0.3 is 20.1 Å². The summed E-state index contributed by atoms with van der Waals surface area (Å²) in [6.07, 6.45) is -0.158. The highest BCUT2D eigenvalue weighted by molar-refractivity contribution is 6.30. The number of aromatic hydroxyl groups is 2. The molecule has 7 heteroatoms. The Morgan fingerprint density at radius 2 is 1.59 bits per heavy atom. The van der Waals surface area contributed by atoms with E-state index in [1.807, 2.05) is 0 Å². The lowest BCUT2D eigenvalue weighted by Crippen LogP contribution is -2.52. The lowest BCUT2D eigenvalue weighted by molar-refractivity contribution is -0.0490. The first-order valence-corrected chi connectivity index (χ1v) is 8.52. The fraction of sp³-hybridized carbons (Fsp3) is 0.250. The molecule has 27 heavy (non-hydrogen) atoms. The van der Waals surface area contributed by atoms with E-state index in [2.05, 4.69) is 0 Å². The molecule has 7 nitrogen and oxygen atoms in total. The molecule has 3 aliphatic carbocycles. The lowest BCUT2D eigenvalue weighted by atomic mass is 9.69. The lowest BCUT2D eigenvalue weighted by Gasteiger charge is -2.35. The van der Waals surface area contributed by atoms with Gasteiger partial charge in [-0.3, -0.25) is 14.4 Å². The molecule has 0 radical (unpaired) electrons. The number of fused-ring (bicyclic) bond motifs is 5. The van der Waals surface area contributed by atoms with E-state index in [4.69, 9.17) is 4.74 Å². The Bertz CT molecular complexity index is 1150. The summed E-state index contributed by atoms with van der Waals surface area (Å²) in [6, 6.07) is 8.35. The van der Waals surface area contributed by atoms with Crippen molar-refractivity contribution in [2.24, 2.45) is 5.92 Å². The van der Waals surface area contributed by atoms with Crippen LogP contribution < -0.4 is 0 Å². The zero-order valence-electron chi connectivity index (χ0n) is 13.7. The van der Waals surface area contributed by atoms with E-state index >= 15 is 0 Å². The average Bonchev–Trinajstić information content (AvgIpc) is 3.32. The maximum absolute atomic E-state index is 13.4. The van der Waals surface area contributed by atoms with E-state index in [1.54, 1.807) is 0 Å². The Labute approximate surface area is 151 Å². The number of phenolic OH excluding ortho intramolecular Hbond substituents is 2. The highest BCUT2D eigenvalue weighted by Gasteiger charge is 2.96. The first-order chi connectivity index (χ1) is 12.8. The molecule has 2 aromatic rings. The third-order valence-corrected chi connectivity index (χ3v) is 6.59. The number of Topliss-reactive ketones (excluding diaryl/α,β-unsaturated/α-hetero) is 3. The monoisotopic (exact) mass is 364 g/mol. The van der Waals surface area contributed by atoms with Gasteiger partial charge in [-0.05, 0) is 18.6 Å². The number of ether oxygens (including phenoxy) is 1. The molecule has 1 heterocycles. The Balaban J connectivity index is 1.73. The Kier molecular flexibility index (Phi) is 2.21. The summed E-state index contributed by atoms with van der Waals surface area (Å²) in [7, 11) is 0. The molecule has 3 N–H and O–H groups in total. The van der Waals surface area contributed by atoms with E-state index in [0.717, 1.165) is 0 Å². The first kappa shape index (κ1) is 15.1. The van der Waals surface area contributed by atoms with Gasteiger partial charge in [-0.25, -0.2) is 0 Å². The largest absolute Gasteiger partial charge is 0.507 e. The fourth-order valence-corrected chi connectivity index (χ4v) is 5.51. The van der Waals surface area contributed by atoms with Crippen LogP contribution in [0, 0.1) is 5.92 Å². The van der Waals surface area contributed by atoms with Crippen molar-refractivity contribution in [2.45, 2.75) is 23.2 Å². The number of epoxide rings is 1. The zero-order valence-corrected chi connectivity index (χ0v) is 13.7. The minimum absolute atomic E-state index is 0.0228. The molecule has 4 aliphatic rings. The number of hydrogen-bond acceptors (Lipinski definition) is 7. The summed E-state index contributed by atoms with van der Waals surface area (Å²) in [5, 5.41) is 32.0. The van der Waals surface area contributed by atoms with Crippen LogP contribution in [0.2, 0.25) is 0 Å². The fourth-order valence-electron chi connectivity index (χ4n) is 5.51. The van der Waals surface area contributed by atoms with Crippen molar-refractivity contribution >= 4 is 17.3 Å². The van der Waals surface area contributed by atoms with Crippen molar-refractivity contribution in [1.29, 1.82) is 0 Å². The number of phenols is 2. The van der Waals surface area contributed by atoms with Gasteiger partial charge in [0.25, 0.3) is 0 Å². The second-order valence-corrected chi connectivity index (χ2v) is 7.56. The van der Waals surface area contributed by atoms with Crippen molar-refractivity contribution in [2.75, 3.05) is 0 Å². The van der Waals surface area contributed by atoms with E-state index in [0.29, 0.717) is 0 Å². The molecular weight excluding hydrogens is 352 g/mol. The van der Waals surface area contributed by atoms with Crippen LogP contribution in [-0.2, 0) is 10.3 Å². The SMILES string of the molecule is O=C1c2c(O)cccc2[C@@]2(O)C[C@@H]1[C@@]13O[C@]12C(=O)c1c(O)cccc1C3=O. The Morgan fingerprint density at radius 3 is 2.33 bits per heavy atom. The van der Waals surface area contributed by atoms with Crippen molar-refractivity contribution in [1.82, 2.24) is 0 Å². The standard InChI is InChI=1S/C20H12O7/c21-11-5-1-3-8-13(11)17(25)20-18(26)7-10(19(20,27-20)16(8)24)15(23)14-9(18)4-2-6-12(14)22/h1-6,10,21-22,26H,7H2/t10-,18-,19-,20-/m0/s1. The molecule has 0 unspecified atom stereocenters. The van der Waals surface area contributed by atoms with Crippen molar-refractivity contribution in [3.63, 3.8) is 0 Å². The van der Waals surface area contributed by atoms with E-state index in [-0.39, 0.29) is 40.2 Å². The second-order valence-electron chi connectivity index (χ2n) is 7.56.